The Morgan fingerprint density at radius 2 is 1.65 bits per heavy atom. The molecule has 0 amide bonds. The molecule has 0 unspecified atom stereocenters. The first kappa shape index (κ1) is 17.7. The van der Waals surface area contributed by atoms with E-state index in [0.29, 0.717) is 0 Å². The van der Waals surface area contributed by atoms with Crippen LogP contribution in [-0.2, 0) is 0 Å². The molecule has 0 aromatic heterocycles. The zero-order chi connectivity index (χ0) is 17.2. The summed E-state index contributed by atoms with van der Waals surface area (Å²) in [7, 11) is 5.42. The molecule has 0 aliphatic heterocycles. The second-order valence-electron chi connectivity index (χ2n) is 7.26. The number of benzene rings is 1. The van der Waals surface area contributed by atoms with Gasteiger partial charge in [0.05, 0.1) is 19.9 Å². The van der Waals surface area contributed by atoms with Crippen LogP contribution in [0.15, 0.2) is 17.7 Å². The van der Waals surface area contributed by atoms with Crippen LogP contribution in [0.2, 0.25) is 0 Å². The van der Waals surface area contributed by atoms with Crippen molar-refractivity contribution < 1.29 is 9.47 Å². The molecule has 1 N–H and O–H groups in total. The maximum atomic E-state index is 5.52. The molecule has 1 aliphatic carbocycles. The Hall–Kier alpha value is -1.68. The van der Waals surface area contributed by atoms with E-state index in [-0.39, 0.29) is 5.54 Å². The van der Waals surface area contributed by atoms with Crippen molar-refractivity contribution in [3.63, 3.8) is 0 Å². The highest BCUT2D eigenvalue weighted by Crippen LogP contribution is 2.43. The molecule has 0 saturated carbocycles. The highest BCUT2D eigenvalue weighted by atomic mass is 16.5. The predicted molar refractivity (Wildman–Crippen MR) is 97.3 cm³/mol. The molecule has 2 rings (SSSR count). The van der Waals surface area contributed by atoms with Gasteiger partial charge in [0.2, 0.25) is 0 Å². The van der Waals surface area contributed by atoms with E-state index >= 15 is 0 Å². The third kappa shape index (κ3) is 3.99. The Morgan fingerprint density at radius 1 is 1.04 bits per heavy atom. The van der Waals surface area contributed by atoms with Crippen molar-refractivity contribution >= 4 is 11.3 Å². The first-order valence-electron chi connectivity index (χ1n) is 8.23. The summed E-state index contributed by atoms with van der Waals surface area (Å²) < 4.78 is 11.0. The van der Waals surface area contributed by atoms with E-state index in [1.165, 1.54) is 29.6 Å². The van der Waals surface area contributed by atoms with Crippen molar-refractivity contribution in [1.29, 1.82) is 0 Å². The number of anilines is 1. The van der Waals surface area contributed by atoms with Crippen LogP contribution in [-0.4, -0.2) is 26.8 Å². The van der Waals surface area contributed by atoms with Gasteiger partial charge in [-0.3, -0.25) is 0 Å². The van der Waals surface area contributed by atoms with E-state index in [4.69, 9.17) is 9.47 Å². The largest absolute Gasteiger partial charge is 0.493 e. The van der Waals surface area contributed by atoms with E-state index in [0.717, 1.165) is 23.6 Å². The number of hydrogen-bond acceptors (Lipinski definition) is 4. The van der Waals surface area contributed by atoms with Crippen LogP contribution >= 0.6 is 0 Å². The van der Waals surface area contributed by atoms with Gasteiger partial charge in [-0.1, -0.05) is 5.57 Å². The predicted octanol–water partition coefficient (Wildman–Crippen LogP) is 4.40. The Balaban J connectivity index is 2.55. The lowest BCUT2D eigenvalue weighted by molar-refractivity contribution is 0.354. The fraction of sp³-hybridized carbons (Fsp3) is 0.579. The van der Waals surface area contributed by atoms with Crippen LogP contribution in [0.4, 0.5) is 5.69 Å². The summed E-state index contributed by atoms with van der Waals surface area (Å²) in [4.78, 5) is 0. The second-order valence-corrected chi connectivity index (χ2v) is 7.26. The minimum absolute atomic E-state index is 0.0156. The van der Waals surface area contributed by atoms with E-state index in [1.54, 1.807) is 14.2 Å². The van der Waals surface area contributed by atoms with Gasteiger partial charge in [-0.25, -0.2) is 5.43 Å². The van der Waals surface area contributed by atoms with Crippen LogP contribution in [0, 0.1) is 0 Å². The molecule has 0 radical (unpaired) electrons. The Labute approximate surface area is 140 Å². The number of hydrogen-bond donors (Lipinski definition) is 1. The average molecular weight is 318 g/mol. The number of nitrogens with one attached hydrogen (secondary N) is 1. The normalized spacial score (nSPS) is 15.1. The number of nitrogens with zero attached hydrogens (tertiary/aromatic N) is 1. The quantitative estimate of drug-likeness (QED) is 0.816. The summed E-state index contributed by atoms with van der Waals surface area (Å²) >= 11 is 0. The molecule has 0 heterocycles. The first-order valence-corrected chi connectivity index (χ1v) is 8.23. The molecule has 1 aromatic rings. The molecule has 0 saturated heterocycles. The molecule has 0 spiro atoms. The van der Waals surface area contributed by atoms with Gasteiger partial charge in [-0.2, -0.15) is 0 Å². The summed E-state index contributed by atoms with van der Waals surface area (Å²) in [5.41, 5.74) is 8.76. The lowest BCUT2D eigenvalue weighted by atomic mass is 9.99. The molecule has 4 nitrogen and oxygen atoms in total. The van der Waals surface area contributed by atoms with Gasteiger partial charge in [-0.05, 0) is 58.6 Å². The van der Waals surface area contributed by atoms with Crippen LogP contribution in [0.25, 0.3) is 5.57 Å². The smallest absolute Gasteiger partial charge is 0.162 e. The molecule has 0 fully saturated rings. The van der Waals surface area contributed by atoms with Crippen molar-refractivity contribution in [2.24, 2.45) is 0 Å². The molecule has 1 aromatic carbocycles. The zero-order valence-electron chi connectivity index (χ0n) is 15.5. The minimum Gasteiger partial charge on any atom is -0.493 e. The van der Waals surface area contributed by atoms with Crippen LogP contribution in [0.3, 0.4) is 0 Å². The fourth-order valence-corrected chi connectivity index (χ4v) is 3.21. The van der Waals surface area contributed by atoms with Crippen LogP contribution < -0.4 is 19.9 Å². The van der Waals surface area contributed by atoms with Crippen molar-refractivity contribution in [2.45, 2.75) is 52.5 Å². The fourth-order valence-electron chi connectivity index (χ4n) is 3.21. The van der Waals surface area contributed by atoms with Crippen molar-refractivity contribution in [2.75, 3.05) is 26.3 Å². The zero-order valence-corrected chi connectivity index (χ0v) is 15.5. The van der Waals surface area contributed by atoms with Gasteiger partial charge in [0, 0.05) is 24.2 Å². The van der Waals surface area contributed by atoms with Gasteiger partial charge in [0.25, 0.3) is 0 Å². The molecule has 1 aliphatic rings. The standard InChI is InChI=1S/C19H30N2O2/c1-13-9-8-10-14(13)15-11-17(22-6)18(23-7)12-16(15)21(5)20-19(2,3)4/h11-12,20H,8-10H2,1-7H3. The molecule has 0 atom stereocenters. The molecule has 4 heteroatoms. The number of methoxy groups -OCH3 is 2. The molecule has 128 valence electrons. The molecular weight excluding hydrogens is 288 g/mol. The summed E-state index contributed by atoms with van der Waals surface area (Å²) in [6.07, 6.45) is 3.53. The maximum absolute atomic E-state index is 5.52. The topological polar surface area (TPSA) is 33.7 Å². The Kier molecular flexibility index (Phi) is 5.25. The molecule has 23 heavy (non-hydrogen) atoms. The summed E-state index contributed by atoms with van der Waals surface area (Å²) in [6, 6.07) is 4.17. The van der Waals surface area contributed by atoms with Gasteiger partial charge < -0.3 is 14.5 Å². The van der Waals surface area contributed by atoms with E-state index in [9.17, 15) is 0 Å². The van der Waals surface area contributed by atoms with Gasteiger partial charge in [0.15, 0.2) is 11.5 Å². The van der Waals surface area contributed by atoms with E-state index < -0.39 is 0 Å². The van der Waals surface area contributed by atoms with E-state index in [1.807, 2.05) is 0 Å². The second kappa shape index (κ2) is 6.83. The molecular formula is C19H30N2O2. The number of hydrazine groups is 1. The average Bonchev–Trinajstić information content (AvgIpc) is 2.90. The summed E-state index contributed by atoms with van der Waals surface area (Å²) in [6.45, 7) is 8.71. The lowest BCUT2D eigenvalue weighted by Crippen LogP contribution is -2.47. The number of allylic oxidation sites excluding steroid dienone is 2. The first-order chi connectivity index (χ1) is 10.8. The van der Waals surface area contributed by atoms with E-state index in [2.05, 4.69) is 57.3 Å². The van der Waals surface area contributed by atoms with Crippen molar-refractivity contribution in [3.8, 4) is 11.5 Å². The van der Waals surface area contributed by atoms with Gasteiger partial charge in [-0.15, -0.1) is 0 Å². The summed E-state index contributed by atoms with van der Waals surface area (Å²) in [5, 5.41) is 2.09. The Morgan fingerprint density at radius 3 is 2.13 bits per heavy atom. The Bertz CT molecular complexity index is 600. The van der Waals surface area contributed by atoms with Crippen molar-refractivity contribution in [1.82, 2.24) is 5.43 Å². The lowest BCUT2D eigenvalue weighted by Gasteiger charge is -2.32. The van der Waals surface area contributed by atoms with Crippen LogP contribution in [0.5, 0.6) is 11.5 Å². The highest BCUT2D eigenvalue weighted by molar-refractivity contribution is 5.82. The monoisotopic (exact) mass is 318 g/mol. The van der Waals surface area contributed by atoms with Gasteiger partial charge in [0.1, 0.15) is 0 Å². The van der Waals surface area contributed by atoms with Crippen molar-refractivity contribution in [3.05, 3.63) is 23.3 Å². The SMILES string of the molecule is COc1cc(C2=C(C)CCC2)c(N(C)NC(C)(C)C)cc1OC. The van der Waals surface area contributed by atoms with Gasteiger partial charge >= 0.3 is 0 Å². The molecule has 0 bridgehead atoms. The number of ether oxygens (including phenoxy) is 2. The maximum Gasteiger partial charge on any atom is 0.162 e. The third-order valence-electron chi connectivity index (χ3n) is 4.19. The summed E-state index contributed by atoms with van der Waals surface area (Å²) in [5.74, 6) is 1.53. The minimum atomic E-state index is -0.0156. The highest BCUT2D eigenvalue weighted by Gasteiger charge is 2.22. The third-order valence-corrected chi connectivity index (χ3v) is 4.19. The van der Waals surface area contributed by atoms with Crippen LogP contribution in [0.1, 0.15) is 52.5 Å². The number of rotatable bonds is 5.